The Morgan fingerprint density at radius 1 is 0.735 bits per heavy atom. The maximum absolute atomic E-state index is 4.89. The summed E-state index contributed by atoms with van der Waals surface area (Å²) >= 11 is -0.556. The Bertz CT molecular complexity index is 1290. The molecule has 1 nitrogen and oxygen atoms in total. The first kappa shape index (κ1) is 25.4. The van der Waals surface area contributed by atoms with Gasteiger partial charge in [0.05, 0.1) is 0 Å². The molecule has 0 heterocycles. The second kappa shape index (κ2) is 11.3. The van der Waals surface area contributed by atoms with E-state index in [4.69, 9.17) is 25.5 Å². The number of fused-ring (bicyclic) bond motifs is 4. The third-order valence-corrected chi connectivity index (χ3v) is 7.36. The first-order valence-corrected chi connectivity index (χ1v) is 16.1. The quantitative estimate of drug-likeness (QED) is 0.163. The number of hydrogen-bond donors (Lipinski definition) is 0. The molecule has 4 heteroatoms. The summed E-state index contributed by atoms with van der Waals surface area (Å²) in [6, 6.07) is 27.0. The molecule has 0 bridgehead atoms. The van der Waals surface area contributed by atoms with Crippen LogP contribution in [0.1, 0.15) is 60.3 Å². The third-order valence-electron chi connectivity index (χ3n) is 7.36. The molecule has 2 aliphatic carbocycles. The van der Waals surface area contributed by atoms with E-state index in [9.17, 15) is 0 Å². The summed E-state index contributed by atoms with van der Waals surface area (Å²) in [7, 11) is 9.78. The van der Waals surface area contributed by atoms with Crippen LogP contribution in [0, 0.1) is 6.92 Å². The van der Waals surface area contributed by atoms with Gasteiger partial charge in [0, 0.05) is 0 Å². The van der Waals surface area contributed by atoms with Gasteiger partial charge < -0.3 is 6.15 Å². The predicted octanol–water partition coefficient (Wildman–Crippen LogP) is 10.4. The van der Waals surface area contributed by atoms with Gasteiger partial charge in [-0.25, -0.2) is 0 Å². The van der Waals surface area contributed by atoms with Gasteiger partial charge in [0.15, 0.2) is 0 Å². The van der Waals surface area contributed by atoms with Crippen molar-refractivity contribution in [3.63, 3.8) is 0 Å². The normalized spacial score (nSPS) is 14.4. The van der Waals surface area contributed by atoms with Crippen LogP contribution in [-0.4, -0.2) is 0 Å². The summed E-state index contributed by atoms with van der Waals surface area (Å²) in [4.78, 5) is 0. The second-order valence-corrected chi connectivity index (χ2v) is 11.7. The van der Waals surface area contributed by atoms with E-state index in [-0.39, 0.29) is 6.15 Å². The molecule has 4 aromatic rings. The second-order valence-electron chi connectivity index (χ2n) is 9.11. The maximum Gasteiger partial charge on any atom is -0.693 e. The maximum atomic E-state index is 4.89. The van der Waals surface area contributed by atoms with E-state index in [2.05, 4.69) is 72.8 Å². The Balaban J connectivity index is 0.000000652. The van der Waals surface area contributed by atoms with Crippen LogP contribution in [0.15, 0.2) is 72.8 Å². The fourth-order valence-electron chi connectivity index (χ4n) is 5.93. The Labute approximate surface area is 220 Å². The fraction of sp³-hybridized carbons (Fsp3) is 0.233. The molecule has 0 radical (unpaired) electrons. The number of nitrogens with two attached hydrogens (primary N) is 1. The molecule has 0 aliphatic heterocycles. The zero-order chi connectivity index (χ0) is 22.8. The Morgan fingerprint density at radius 2 is 1.35 bits per heavy atom. The molecular formula is C30H29Cl2NTi-2. The molecule has 174 valence electrons. The first-order valence-electron chi connectivity index (χ1n) is 11.8. The Morgan fingerprint density at radius 3 is 2.12 bits per heavy atom. The van der Waals surface area contributed by atoms with E-state index in [1.165, 1.54) is 87.4 Å². The van der Waals surface area contributed by atoms with Crippen molar-refractivity contribution < 1.29 is 17.0 Å². The van der Waals surface area contributed by atoms with Crippen molar-refractivity contribution in [3.05, 3.63) is 108 Å². The van der Waals surface area contributed by atoms with Gasteiger partial charge in [-0.15, -0.1) is 17.2 Å². The monoisotopic (exact) mass is 521 g/mol. The van der Waals surface area contributed by atoms with Gasteiger partial charge in [0.2, 0.25) is 0 Å². The molecule has 0 unspecified atom stereocenters. The van der Waals surface area contributed by atoms with Gasteiger partial charge in [0.25, 0.3) is 0 Å². The van der Waals surface area contributed by atoms with Crippen LogP contribution in [-0.2, 0) is 23.5 Å². The summed E-state index contributed by atoms with van der Waals surface area (Å²) in [6.45, 7) is 4.70. The zero-order valence-electron chi connectivity index (χ0n) is 19.3. The molecule has 1 saturated carbocycles. The minimum atomic E-state index is -0.556. The van der Waals surface area contributed by atoms with Gasteiger partial charge in [-0.3, -0.25) is 0 Å². The molecule has 34 heavy (non-hydrogen) atoms. The SMILES string of the molecule is [CH2-]c1c(-c2cccc3c2Cc2ccccc2-3)cc2ccccc2c1C1CCCCC1.[Cl][Ti][Cl].[NH2-]. The van der Waals surface area contributed by atoms with Gasteiger partial charge in [0.1, 0.15) is 0 Å². The third kappa shape index (κ3) is 4.70. The van der Waals surface area contributed by atoms with E-state index in [0.29, 0.717) is 5.92 Å². The van der Waals surface area contributed by atoms with Gasteiger partial charge in [-0.2, -0.15) is 12.5 Å². The number of halogens is 2. The van der Waals surface area contributed by atoms with Crippen LogP contribution in [0.2, 0.25) is 0 Å². The molecule has 0 saturated heterocycles. The van der Waals surface area contributed by atoms with Gasteiger partial charge >= 0.3 is 35.6 Å². The predicted molar refractivity (Wildman–Crippen MR) is 145 cm³/mol. The molecule has 6 rings (SSSR count). The van der Waals surface area contributed by atoms with Crippen molar-refractivity contribution in [2.75, 3.05) is 0 Å². The number of rotatable bonds is 2. The Hall–Kier alpha value is -1.74. The van der Waals surface area contributed by atoms with Crippen molar-refractivity contribution in [1.29, 1.82) is 0 Å². The van der Waals surface area contributed by atoms with Crippen LogP contribution >= 0.6 is 18.6 Å². The van der Waals surface area contributed by atoms with Crippen molar-refractivity contribution in [1.82, 2.24) is 0 Å². The summed E-state index contributed by atoms with van der Waals surface area (Å²) in [5.74, 6) is 0.644. The van der Waals surface area contributed by atoms with Crippen LogP contribution in [0.5, 0.6) is 0 Å². The summed E-state index contributed by atoms with van der Waals surface area (Å²) in [5.41, 5.74) is 11.2. The number of benzene rings is 4. The molecule has 2 aliphatic rings. The van der Waals surface area contributed by atoms with E-state index in [1.54, 1.807) is 0 Å². The molecule has 1 fully saturated rings. The molecule has 0 amide bonds. The smallest absolute Gasteiger partial charge is 0.693 e. The average molecular weight is 522 g/mol. The summed E-state index contributed by atoms with van der Waals surface area (Å²) in [6.07, 6.45) is 7.69. The van der Waals surface area contributed by atoms with E-state index in [0.717, 1.165) is 6.42 Å². The van der Waals surface area contributed by atoms with E-state index >= 15 is 0 Å². The van der Waals surface area contributed by atoms with Gasteiger partial charge in [-0.05, 0) is 34.1 Å². The van der Waals surface area contributed by atoms with Gasteiger partial charge in [-0.1, -0.05) is 116 Å². The standard InChI is InChI=1S/C30H27.2ClH.H2N.Ti/c1-20-28(27-17-9-16-26-24-14-7-5-12-22(24)19-29(26)27)18-23-13-6-8-15-25(23)30(20)21-10-3-2-4-11-21;;;;/h5-9,12-18,21H,1-4,10-11,19H2;2*1H;1H2;/q-1;;;-1;+2/p-2. The molecule has 0 atom stereocenters. The average Bonchev–Trinajstić information content (AvgIpc) is 3.24. The van der Waals surface area contributed by atoms with Crippen LogP contribution in [0.4, 0.5) is 0 Å². The van der Waals surface area contributed by atoms with Crippen LogP contribution in [0.25, 0.3) is 39.2 Å². The van der Waals surface area contributed by atoms with Crippen LogP contribution < -0.4 is 0 Å². The zero-order valence-corrected chi connectivity index (χ0v) is 22.4. The molecule has 0 spiro atoms. The van der Waals surface area contributed by atoms with Crippen molar-refractivity contribution in [2.45, 2.75) is 44.4 Å². The first-order chi connectivity index (χ1) is 16.2. The topological polar surface area (TPSA) is 33.5 Å². The Kier molecular flexibility index (Phi) is 8.45. The molecular weight excluding hydrogens is 493 g/mol. The molecule has 0 aromatic heterocycles. The fourth-order valence-corrected chi connectivity index (χ4v) is 5.93. The largest absolute Gasteiger partial charge is 0.693 e. The summed E-state index contributed by atoms with van der Waals surface area (Å²) < 4.78 is 0. The minimum Gasteiger partial charge on any atom is -0.693 e. The van der Waals surface area contributed by atoms with Crippen molar-refractivity contribution in [3.8, 4) is 22.3 Å². The van der Waals surface area contributed by atoms with E-state index < -0.39 is 17.0 Å². The minimum absolute atomic E-state index is 0. The van der Waals surface area contributed by atoms with Crippen molar-refractivity contribution in [2.24, 2.45) is 0 Å². The molecule has 2 N–H and O–H groups in total. The summed E-state index contributed by atoms with van der Waals surface area (Å²) in [5, 5.41) is 2.77. The van der Waals surface area contributed by atoms with E-state index in [1.807, 2.05) is 0 Å². The van der Waals surface area contributed by atoms with Crippen molar-refractivity contribution >= 4 is 29.4 Å². The number of hydrogen-bond acceptors (Lipinski definition) is 0. The van der Waals surface area contributed by atoms with Crippen LogP contribution in [0.3, 0.4) is 0 Å². The molecule has 4 aromatic carbocycles.